The number of carbonyl (C=O) groups excluding carboxylic acids is 3. The van der Waals surface area contributed by atoms with E-state index in [9.17, 15) is 14.4 Å². The molecule has 1 unspecified atom stereocenters. The molecule has 8 nitrogen and oxygen atoms in total. The monoisotopic (exact) mass is 363 g/mol. The summed E-state index contributed by atoms with van der Waals surface area (Å²) in [5, 5.41) is 0. The Balaban J connectivity index is 2.13. The van der Waals surface area contributed by atoms with Crippen LogP contribution >= 0.6 is 0 Å². The quantitative estimate of drug-likeness (QED) is 0.449. The third-order valence-corrected chi connectivity index (χ3v) is 3.95. The lowest BCUT2D eigenvalue weighted by molar-refractivity contribution is -0.139. The number of rotatable bonds is 5. The summed E-state index contributed by atoms with van der Waals surface area (Å²) in [6, 6.07) is 4.16. The molecule has 0 radical (unpaired) electrons. The number of hydrogen-bond acceptors (Lipinski definition) is 7. The van der Waals surface area contributed by atoms with E-state index in [4.69, 9.17) is 9.47 Å². The highest BCUT2D eigenvalue weighted by Crippen LogP contribution is 2.30. The second-order valence-corrected chi connectivity index (χ2v) is 5.51. The fourth-order valence-electron chi connectivity index (χ4n) is 2.63. The van der Waals surface area contributed by atoms with E-state index < -0.39 is 24.1 Å². The molecular formula is C18H21NO7. The maximum Gasteiger partial charge on any atom is 0.410 e. The van der Waals surface area contributed by atoms with Gasteiger partial charge in [-0.25, -0.2) is 14.4 Å². The lowest BCUT2D eigenvalue weighted by Crippen LogP contribution is -2.42. The van der Waals surface area contributed by atoms with Crippen molar-refractivity contribution in [3.63, 3.8) is 0 Å². The van der Waals surface area contributed by atoms with Gasteiger partial charge in [0.05, 0.1) is 21.3 Å². The number of carbonyl (C=O) groups is 3. The van der Waals surface area contributed by atoms with Gasteiger partial charge in [-0.15, -0.1) is 0 Å². The van der Waals surface area contributed by atoms with Gasteiger partial charge in [0, 0.05) is 12.6 Å². The number of methoxy groups -OCH3 is 3. The molecule has 2 rings (SSSR count). The van der Waals surface area contributed by atoms with Gasteiger partial charge in [0.1, 0.15) is 6.04 Å². The van der Waals surface area contributed by atoms with Crippen LogP contribution in [0.4, 0.5) is 4.79 Å². The van der Waals surface area contributed by atoms with Crippen LogP contribution in [0.3, 0.4) is 0 Å². The highest BCUT2D eigenvalue weighted by atomic mass is 16.6. The Morgan fingerprint density at radius 3 is 2.54 bits per heavy atom. The van der Waals surface area contributed by atoms with E-state index in [1.54, 1.807) is 24.3 Å². The second kappa shape index (κ2) is 8.89. The minimum absolute atomic E-state index is 0.226. The molecule has 140 valence electrons. The number of nitrogens with zero attached hydrogens (tertiary/aromatic N) is 1. The normalized spacial score (nSPS) is 16.4. The highest BCUT2D eigenvalue weighted by Gasteiger charge is 2.36. The zero-order chi connectivity index (χ0) is 19.1. The summed E-state index contributed by atoms with van der Waals surface area (Å²) >= 11 is 0. The number of hydrogen-bond donors (Lipinski definition) is 0. The predicted octanol–water partition coefficient (Wildman–Crippen LogP) is 2.02. The van der Waals surface area contributed by atoms with Crippen molar-refractivity contribution < 1.29 is 33.3 Å². The van der Waals surface area contributed by atoms with Crippen molar-refractivity contribution in [2.45, 2.75) is 18.9 Å². The average Bonchev–Trinajstić information content (AvgIpc) is 3.16. The van der Waals surface area contributed by atoms with Crippen molar-refractivity contribution in [1.82, 2.24) is 4.90 Å². The summed E-state index contributed by atoms with van der Waals surface area (Å²) in [6.07, 6.45) is 3.47. The third-order valence-electron chi connectivity index (χ3n) is 3.95. The fourth-order valence-corrected chi connectivity index (χ4v) is 2.63. The molecule has 0 spiro atoms. The van der Waals surface area contributed by atoms with E-state index in [1.807, 2.05) is 0 Å². The summed E-state index contributed by atoms with van der Waals surface area (Å²) in [5.74, 6) is -0.481. The standard InChI is InChI=1S/C18H21NO7/c1-23-15-11-12(7-9-16(20)24-2)6-8-14(15)26-17(21)13-5-4-10-19(13)18(22)25-3/h6-9,11,13H,4-5,10H2,1-3H3/b9-7+. The Labute approximate surface area is 151 Å². The molecule has 1 fully saturated rings. The van der Waals surface area contributed by atoms with Crippen LogP contribution in [-0.4, -0.2) is 56.8 Å². The molecule has 0 saturated carbocycles. The van der Waals surface area contributed by atoms with Crippen molar-refractivity contribution >= 4 is 24.1 Å². The van der Waals surface area contributed by atoms with Gasteiger partial charge in [0.25, 0.3) is 0 Å². The number of esters is 2. The SMILES string of the molecule is COC(=O)/C=C/c1ccc(OC(=O)C2CCCN2C(=O)OC)c(OC)c1. The summed E-state index contributed by atoms with van der Waals surface area (Å²) in [4.78, 5) is 36.7. The molecule has 1 heterocycles. The van der Waals surface area contributed by atoms with Crippen LogP contribution in [0.1, 0.15) is 18.4 Å². The van der Waals surface area contributed by atoms with Crippen molar-refractivity contribution in [2.75, 3.05) is 27.9 Å². The van der Waals surface area contributed by atoms with Crippen molar-refractivity contribution in [2.24, 2.45) is 0 Å². The molecule has 26 heavy (non-hydrogen) atoms. The molecule has 0 bridgehead atoms. The molecule has 1 aliphatic rings. The Morgan fingerprint density at radius 1 is 1.12 bits per heavy atom. The van der Waals surface area contributed by atoms with E-state index in [2.05, 4.69) is 9.47 Å². The predicted molar refractivity (Wildman–Crippen MR) is 91.8 cm³/mol. The first-order valence-corrected chi connectivity index (χ1v) is 8.00. The average molecular weight is 363 g/mol. The van der Waals surface area contributed by atoms with Gasteiger partial charge >= 0.3 is 18.0 Å². The molecule has 0 aromatic heterocycles. The molecule has 1 saturated heterocycles. The first kappa shape index (κ1) is 19.3. The summed E-state index contributed by atoms with van der Waals surface area (Å²) in [5.41, 5.74) is 0.670. The summed E-state index contributed by atoms with van der Waals surface area (Å²) < 4.78 is 19.9. The molecule has 1 atom stereocenters. The van der Waals surface area contributed by atoms with Gasteiger partial charge in [0.2, 0.25) is 0 Å². The lowest BCUT2D eigenvalue weighted by Gasteiger charge is -2.22. The van der Waals surface area contributed by atoms with Crippen LogP contribution in [-0.2, 0) is 19.1 Å². The zero-order valence-electron chi connectivity index (χ0n) is 14.9. The summed E-state index contributed by atoms with van der Waals surface area (Å²) in [6.45, 7) is 0.445. The minimum atomic E-state index is -0.689. The van der Waals surface area contributed by atoms with Crippen LogP contribution in [0.25, 0.3) is 6.08 Å². The van der Waals surface area contributed by atoms with Gasteiger partial charge in [-0.1, -0.05) is 6.07 Å². The first-order valence-electron chi connectivity index (χ1n) is 8.00. The van der Waals surface area contributed by atoms with Gasteiger partial charge in [-0.3, -0.25) is 4.90 Å². The molecule has 0 N–H and O–H groups in total. The molecule has 1 aliphatic heterocycles. The number of benzene rings is 1. The van der Waals surface area contributed by atoms with E-state index in [0.29, 0.717) is 30.7 Å². The molecular weight excluding hydrogens is 342 g/mol. The smallest absolute Gasteiger partial charge is 0.410 e. The van der Waals surface area contributed by atoms with Crippen LogP contribution in [0, 0.1) is 0 Å². The molecule has 1 aromatic rings. The maximum atomic E-state index is 12.5. The van der Waals surface area contributed by atoms with Gasteiger partial charge in [-0.2, -0.15) is 0 Å². The van der Waals surface area contributed by atoms with E-state index >= 15 is 0 Å². The number of likely N-dealkylation sites (tertiary alicyclic amines) is 1. The maximum absolute atomic E-state index is 12.5. The Bertz CT molecular complexity index is 713. The largest absolute Gasteiger partial charge is 0.493 e. The highest BCUT2D eigenvalue weighted by molar-refractivity contribution is 5.87. The van der Waals surface area contributed by atoms with Gasteiger partial charge < -0.3 is 18.9 Å². The van der Waals surface area contributed by atoms with Crippen LogP contribution in [0.2, 0.25) is 0 Å². The fraction of sp³-hybridized carbons (Fsp3) is 0.389. The third kappa shape index (κ3) is 4.53. The van der Waals surface area contributed by atoms with Crippen molar-refractivity contribution in [3.8, 4) is 11.5 Å². The number of amides is 1. The Morgan fingerprint density at radius 2 is 1.88 bits per heavy atom. The topological polar surface area (TPSA) is 91.4 Å². The van der Waals surface area contributed by atoms with E-state index in [0.717, 1.165) is 0 Å². The van der Waals surface area contributed by atoms with E-state index in [-0.39, 0.29) is 5.75 Å². The molecule has 8 heteroatoms. The second-order valence-electron chi connectivity index (χ2n) is 5.51. The minimum Gasteiger partial charge on any atom is -0.493 e. The van der Waals surface area contributed by atoms with Gasteiger partial charge in [0.15, 0.2) is 11.5 Å². The Kier molecular flexibility index (Phi) is 6.60. The van der Waals surface area contributed by atoms with Crippen molar-refractivity contribution in [1.29, 1.82) is 0 Å². The molecule has 1 aromatic carbocycles. The van der Waals surface area contributed by atoms with Crippen LogP contribution in [0.5, 0.6) is 11.5 Å². The number of ether oxygens (including phenoxy) is 4. The first-order chi connectivity index (χ1) is 12.5. The van der Waals surface area contributed by atoms with Gasteiger partial charge in [-0.05, 0) is 36.6 Å². The summed E-state index contributed by atoms with van der Waals surface area (Å²) in [7, 11) is 4.00. The van der Waals surface area contributed by atoms with Crippen LogP contribution < -0.4 is 9.47 Å². The van der Waals surface area contributed by atoms with Crippen LogP contribution in [0.15, 0.2) is 24.3 Å². The van der Waals surface area contributed by atoms with E-state index in [1.165, 1.54) is 32.3 Å². The molecule has 1 amide bonds. The zero-order valence-corrected chi connectivity index (χ0v) is 14.9. The lowest BCUT2D eigenvalue weighted by atomic mass is 10.2. The van der Waals surface area contributed by atoms with Crippen molar-refractivity contribution in [3.05, 3.63) is 29.8 Å². The Hall–Kier alpha value is -3.03. The molecule has 0 aliphatic carbocycles.